The van der Waals surface area contributed by atoms with Crippen molar-refractivity contribution in [2.75, 3.05) is 14.2 Å². The molecule has 25 heavy (non-hydrogen) atoms. The second-order valence-corrected chi connectivity index (χ2v) is 5.24. The Kier molecular flexibility index (Phi) is 6.28. The molecule has 0 aliphatic rings. The Morgan fingerprint density at radius 1 is 1.04 bits per heavy atom. The Balaban J connectivity index is 2.19. The highest BCUT2D eigenvalue weighted by Gasteiger charge is 2.21. The van der Waals surface area contributed by atoms with Gasteiger partial charge in [-0.3, -0.25) is 4.79 Å². The van der Waals surface area contributed by atoms with Crippen LogP contribution in [0.5, 0.6) is 0 Å². The molecule has 0 aromatic heterocycles. The van der Waals surface area contributed by atoms with E-state index in [1.165, 1.54) is 26.4 Å². The number of hydrogen-bond acceptors (Lipinski definition) is 5. The summed E-state index contributed by atoms with van der Waals surface area (Å²) in [6.45, 7) is 0. The first-order valence-corrected chi connectivity index (χ1v) is 7.67. The Bertz CT molecular complexity index is 807. The fourth-order valence-electron chi connectivity index (χ4n) is 2.38. The van der Waals surface area contributed by atoms with Crippen LogP contribution < -0.4 is 5.32 Å². The van der Waals surface area contributed by atoms with Crippen LogP contribution in [-0.2, 0) is 19.1 Å². The van der Waals surface area contributed by atoms with Crippen LogP contribution in [0.2, 0.25) is 0 Å². The smallest absolute Gasteiger partial charge is 0.330 e. The van der Waals surface area contributed by atoms with Gasteiger partial charge in [-0.25, -0.2) is 9.59 Å². The first-order valence-electron chi connectivity index (χ1n) is 7.67. The molecule has 0 aliphatic heterocycles. The lowest BCUT2D eigenvalue weighted by atomic mass is 10.0. The number of fused-ring (bicyclic) bond motifs is 1. The average Bonchev–Trinajstić information content (AvgIpc) is 2.65. The summed E-state index contributed by atoms with van der Waals surface area (Å²) in [5, 5.41) is 4.37. The third-order valence-electron chi connectivity index (χ3n) is 3.65. The van der Waals surface area contributed by atoms with E-state index in [2.05, 4.69) is 10.1 Å². The third-order valence-corrected chi connectivity index (χ3v) is 3.65. The lowest BCUT2D eigenvalue weighted by molar-refractivity contribution is -0.143. The van der Waals surface area contributed by atoms with Gasteiger partial charge in [0.15, 0.2) is 0 Å². The molecule has 0 fully saturated rings. The Morgan fingerprint density at radius 3 is 2.48 bits per heavy atom. The second kappa shape index (κ2) is 8.63. The molecule has 1 amide bonds. The van der Waals surface area contributed by atoms with Crippen LogP contribution >= 0.6 is 0 Å². The third kappa shape index (κ3) is 4.67. The maximum absolute atomic E-state index is 12.6. The number of esters is 2. The van der Waals surface area contributed by atoms with Gasteiger partial charge < -0.3 is 14.8 Å². The van der Waals surface area contributed by atoms with Crippen molar-refractivity contribution in [2.24, 2.45) is 0 Å². The SMILES string of the molecule is COC(=O)/C=C/C[C@@H](NC(=O)c1cccc2ccccc12)C(=O)OC. The van der Waals surface area contributed by atoms with Gasteiger partial charge in [-0.1, -0.05) is 42.5 Å². The number of carbonyl (C=O) groups excluding carboxylic acids is 3. The first kappa shape index (κ1) is 18.2. The molecule has 1 atom stereocenters. The standard InChI is InChI=1S/C19H19NO5/c1-24-17(21)12-6-11-16(19(23)25-2)20-18(22)15-10-5-8-13-7-3-4-9-14(13)15/h3-10,12,16H,11H2,1-2H3,(H,20,22)/b12-6+/t16-/m1/s1. The molecule has 0 radical (unpaired) electrons. The number of methoxy groups -OCH3 is 2. The Morgan fingerprint density at radius 2 is 1.76 bits per heavy atom. The highest BCUT2D eigenvalue weighted by atomic mass is 16.5. The topological polar surface area (TPSA) is 81.7 Å². The van der Waals surface area contributed by atoms with E-state index in [0.717, 1.165) is 10.8 Å². The number of ether oxygens (including phenoxy) is 2. The molecule has 0 spiro atoms. The van der Waals surface area contributed by atoms with E-state index in [9.17, 15) is 14.4 Å². The molecule has 0 unspecified atom stereocenters. The summed E-state index contributed by atoms with van der Waals surface area (Å²) in [5.74, 6) is -1.52. The van der Waals surface area contributed by atoms with Crippen LogP contribution in [-0.4, -0.2) is 38.1 Å². The van der Waals surface area contributed by atoms with Crippen molar-refractivity contribution in [3.8, 4) is 0 Å². The highest BCUT2D eigenvalue weighted by molar-refractivity contribution is 6.08. The van der Waals surface area contributed by atoms with Crippen molar-refractivity contribution in [3.63, 3.8) is 0 Å². The fourth-order valence-corrected chi connectivity index (χ4v) is 2.38. The molecule has 0 saturated heterocycles. The van der Waals surface area contributed by atoms with Crippen LogP contribution in [0.1, 0.15) is 16.8 Å². The minimum absolute atomic E-state index is 0.109. The largest absolute Gasteiger partial charge is 0.467 e. The summed E-state index contributed by atoms with van der Waals surface area (Å²) >= 11 is 0. The van der Waals surface area contributed by atoms with Crippen LogP contribution in [0, 0.1) is 0 Å². The quantitative estimate of drug-likeness (QED) is 0.644. The molecule has 6 heteroatoms. The molecule has 2 rings (SSSR count). The maximum Gasteiger partial charge on any atom is 0.330 e. The molecule has 130 valence electrons. The monoisotopic (exact) mass is 341 g/mol. The van der Waals surface area contributed by atoms with Crippen molar-refractivity contribution in [1.82, 2.24) is 5.32 Å². The van der Waals surface area contributed by atoms with Crippen molar-refractivity contribution in [3.05, 3.63) is 60.2 Å². The van der Waals surface area contributed by atoms with Crippen molar-refractivity contribution in [1.29, 1.82) is 0 Å². The molecule has 6 nitrogen and oxygen atoms in total. The molecule has 0 saturated carbocycles. The van der Waals surface area contributed by atoms with E-state index >= 15 is 0 Å². The first-order chi connectivity index (χ1) is 12.1. The number of amides is 1. The minimum Gasteiger partial charge on any atom is -0.467 e. The maximum atomic E-state index is 12.6. The van der Waals surface area contributed by atoms with E-state index in [4.69, 9.17) is 4.74 Å². The van der Waals surface area contributed by atoms with Crippen molar-refractivity contribution < 1.29 is 23.9 Å². The number of carbonyl (C=O) groups is 3. The Hall–Kier alpha value is -3.15. The molecule has 2 aromatic rings. The zero-order valence-corrected chi connectivity index (χ0v) is 14.0. The molecule has 2 aromatic carbocycles. The average molecular weight is 341 g/mol. The van der Waals surface area contributed by atoms with Crippen LogP contribution in [0.3, 0.4) is 0 Å². The van der Waals surface area contributed by atoms with Gasteiger partial charge in [0, 0.05) is 11.6 Å². The zero-order chi connectivity index (χ0) is 18.2. The van der Waals surface area contributed by atoms with Crippen LogP contribution in [0.15, 0.2) is 54.6 Å². The summed E-state index contributed by atoms with van der Waals surface area (Å²) in [6, 6.07) is 11.9. The van der Waals surface area contributed by atoms with Crippen molar-refractivity contribution in [2.45, 2.75) is 12.5 Å². The lowest BCUT2D eigenvalue weighted by Crippen LogP contribution is -2.41. The van der Waals surface area contributed by atoms with Gasteiger partial charge in [-0.05, 0) is 23.3 Å². The van der Waals surface area contributed by atoms with Gasteiger partial charge in [-0.15, -0.1) is 0 Å². The summed E-state index contributed by atoms with van der Waals surface area (Å²) in [5.41, 5.74) is 0.462. The molecule has 0 aliphatic carbocycles. The number of nitrogens with one attached hydrogen (secondary N) is 1. The van der Waals surface area contributed by atoms with Crippen LogP contribution in [0.25, 0.3) is 10.8 Å². The second-order valence-electron chi connectivity index (χ2n) is 5.24. The van der Waals surface area contributed by atoms with Gasteiger partial charge >= 0.3 is 11.9 Å². The van der Waals surface area contributed by atoms with E-state index in [-0.39, 0.29) is 6.42 Å². The van der Waals surface area contributed by atoms with Gasteiger partial charge in [0.05, 0.1) is 14.2 Å². The molecule has 1 N–H and O–H groups in total. The fraction of sp³-hybridized carbons (Fsp3) is 0.211. The number of hydrogen-bond donors (Lipinski definition) is 1. The van der Waals surface area contributed by atoms with E-state index in [1.807, 2.05) is 30.3 Å². The van der Waals surface area contributed by atoms with Crippen LogP contribution in [0.4, 0.5) is 0 Å². The molecular formula is C19H19NO5. The zero-order valence-electron chi connectivity index (χ0n) is 14.0. The minimum atomic E-state index is -0.905. The Labute approximate surface area is 145 Å². The predicted molar refractivity (Wildman–Crippen MR) is 93.0 cm³/mol. The molecule has 0 bridgehead atoms. The molecular weight excluding hydrogens is 322 g/mol. The number of rotatable bonds is 6. The predicted octanol–water partition coefficient (Wildman–Crippen LogP) is 2.23. The van der Waals surface area contributed by atoms with Gasteiger partial charge in [0.25, 0.3) is 5.91 Å². The molecule has 0 heterocycles. The van der Waals surface area contributed by atoms with E-state index in [1.54, 1.807) is 12.1 Å². The summed E-state index contributed by atoms with van der Waals surface area (Å²) in [4.78, 5) is 35.6. The van der Waals surface area contributed by atoms with E-state index in [0.29, 0.717) is 5.56 Å². The summed E-state index contributed by atoms with van der Waals surface area (Å²) in [6.07, 6.45) is 2.76. The van der Waals surface area contributed by atoms with E-state index < -0.39 is 23.9 Å². The summed E-state index contributed by atoms with van der Waals surface area (Å²) < 4.78 is 9.20. The lowest BCUT2D eigenvalue weighted by Gasteiger charge is -2.15. The van der Waals surface area contributed by atoms with Crippen molar-refractivity contribution >= 4 is 28.6 Å². The number of benzene rings is 2. The van der Waals surface area contributed by atoms with Gasteiger partial charge in [0.2, 0.25) is 0 Å². The van der Waals surface area contributed by atoms with Gasteiger partial charge in [0.1, 0.15) is 6.04 Å². The summed E-state index contributed by atoms with van der Waals surface area (Å²) in [7, 11) is 2.50. The van der Waals surface area contributed by atoms with Gasteiger partial charge in [-0.2, -0.15) is 0 Å². The normalized spacial score (nSPS) is 11.9. The highest BCUT2D eigenvalue weighted by Crippen LogP contribution is 2.18.